The molecule has 0 unspecified atom stereocenters. The van der Waals surface area contributed by atoms with Crippen LogP contribution in [-0.4, -0.2) is 41.5 Å². The van der Waals surface area contributed by atoms with E-state index in [1.807, 2.05) is 20.8 Å². The zero-order chi connectivity index (χ0) is 18.1. The highest BCUT2D eigenvalue weighted by atomic mass is 16.4. The molecule has 0 atom stereocenters. The molecule has 9 nitrogen and oxygen atoms in total. The first-order valence-electron chi connectivity index (χ1n) is 7.76. The maximum absolute atomic E-state index is 12.6. The number of anilines is 1. The molecule has 2 N–H and O–H groups in total. The number of nitrogens with one attached hydrogen (secondary N) is 1. The Kier molecular flexibility index (Phi) is 4.22. The van der Waals surface area contributed by atoms with E-state index < -0.39 is 5.97 Å². The van der Waals surface area contributed by atoms with E-state index in [1.54, 1.807) is 23.0 Å². The van der Waals surface area contributed by atoms with Gasteiger partial charge in [0.25, 0.3) is 5.91 Å². The third-order valence-corrected chi connectivity index (χ3v) is 3.61. The van der Waals surface area contributed by atoms with E-state index in [1.165, 1.54) is 10.9 Å². The average molecular weight is 342 g/mol. The van der Waals surface area contributed by atoms with E-state index in [4.69, 9.17) is 5.11 Å². The fourth-order valence-electron chi connectivity index (χ4n) is 2.55. The van der Waals surface area contributed by atoms with Crippen LogP contribution in [0, 0.1) is 6.92 Å². The molecule has 0 saturated carbocycles. The van der Waals surface area contributed by atoms with E-state index in [0.29, 0.717) is 22.3 Å². The lowest BCUT2D eigenvalue weighted by molar-refractivity contribution is -0.137. The van der Waals surface area contributed by atoms with Gasteiger partial charge in [-0.3, -0.25) is 14.3 Å². The second-order valence-corrected chi connectivity index (χ2v) is 5.98. The lowest BCUT2D eigenvalue weighted by Crippen LogP contribution is -2.15. The van der Waals surface area contributed by atoms with Crippen LogP contribution in [0.4, 0.5) is 5.82 Å². The summed E-state index contributed by atoms with van der Waals surface area (Å²) in [5.74, 6) is -1.07. The van der Waals surface area contributed by atoms with Crippen LogP contribution in [0.3, 0.4) is 0 Å². The van der Waals surface area contributed by atoms with Crippen LogP contribution in [-0.2, 0) is 11.3 Å². The van der Waals surface area contributed by atoms with Gasteiger partial charge in [-0.05, 0) is 26.8 Å². The molecule has 3 aromatic rings. The lowest BCUT2D eigenvalue weighted by atomic mass is 10.1. The molecular formula is C16H18N6O3. The van der Waals surface area contributed by atoms with E-state index in [9.17, 15) is 9.59 Å². The molecular weight excluding hydrogens is 324 g/mol. The number of amides is 1. The minimum absolute atomic E-state index is 0.120. The highest BCUT2D eigenvalue weighted by Crippen LogP contribution is 2.21. The molecule has 0 bridgehead atoms. The molecule has 130 valence electrons. The Balaban J connectivity index is 1.92. The van der Waals surface area contributed by atoms with Crippen molar-refractivity contribution in [1.29, 1.82) is 0 Å². The number of hydrogen-bond donors (Lipinski definition) is 2. The number of aromatic nitrogens is 5. The molecule has 3 rings (SSSR count). The molecule has 0 spiro atoms. The zero-order valence-corrected chi connectivity index (χ0v) is 14.1. The van der Waals surface area contributed by atoms with Crippen molar-refractivity contribution in [2.75, 3.05) is 5.32 Å². The van der Waals surface area contributed by atoms with Crippen molar-refractivity contribution in [2.45, 2.75) is 33.4 Å². The number of aliphatic carboxylic acids is 1. The summed E-state index contributed by atoms with van der Waals surface area (Å²) in [6.45, 7) is 5.53. The number of carbonyl (C=O) groups excluding carboxylic acids is 1. The van der Waals surface area contributed by atoms with Gasteiger partial charge in [0.05, 0.1) is 17.1 Å². The molecule has 0 radical (unpaired) electrons. The fourth-order valence-corrected chi connectivity index (χ4v) is 2.55. The summed E-state index contributed by atoms with van der Waals surface area (Å²) in [6.07, 6.45) is 3.12. The van der Waals surface area contributed by atoms with Crippen LogP contribution in [0.1, 0.15) is 35.9 Å². The van der Waals surface area contributed by atoms with E-state index >= 15 is 0 Å². The topological polar surface area (TPSA) is 115 Å². The molecule has 1 amide bonds. The van der Waals surface area contributed by atoms with Crippen LogP contribution >= 0.6 is 0 Å². The summed E-state index contributed by atoms with van der Waals surface area (Å²) < 4.78 is 3.00. The average Bonchev–Trinajstić information content (AvgIpc) is 3.12. The number of rotatable bonds is 5. The van der Waals surface area contributed by atoms with Crippen LogP contribution in [0.5, 0.6) is 0 Å². The number of aryl methyl sites for hydroxylation is 1. The van der Waals surface area contributed by atoms with Gasteiger partial charge in [0.1, 0.15) is 6.54 Å². The van der Waals surface area contributed by atoms with Crippen LogP contribution in [0.15, 0.2) is 24.5 Å². The highest BCUT2D eigenvalue weighted by molar-refractivity contribution is 6.11. The van der Waals surface area contributed by atoms with Gasteiger partial charge in [0, 0.05) is 24.0 Å². The van der Waals surface area contributed by atoms with E-state index in [-0.39, 0.29) is 24.3 Å². The SMILES string of the molecule is Cc1cc(C(=O)Nc2ccn(CC(=O)O)n2)c2cnn(C(C)C)c2n1. The van der Waals surface area contributed by atoms with E-state index in [2.05, 4.69) is 20.5 Å². The first kappa shape index (κ1) is 16.6. The number of hydrogen-bond acceptors (Lipinski definition) is 5. The fraction of sp³-hybridized carbons (Fsp3) is 0.312. The van der Waals surface area contributed by atoms with Crippen LogP contribution in [0.25, 0.3) is 11.0 Å². The van der Waals surface area contributed by atoms with Crippen molar-refractivity contribution in [3.05, 3.63) is 35.8 Å². The first-order valence-corrected chi connectivity index (χ1v) is 7.76. The smallest absolute Gasteiger partial charge is 0.325 e. The second kappa shape index (κ2) is 6.34. The van der Waals surface area contributed by atoms with Crippen molar-refractivity contribution in [2.24, 2.45) is 0 Å². The third kappa shape index (κ3) is 3.35. The van der Waals surface area contributed by atoms with Crippen molar-refractivity contribution in [3.8, 4) is 0 Å². The maximum Gasteiger partial charge on any atom is 0.325 e. The van der Waals surface area contributed by atoms with Gasteiger partial charge in [0.2, 0.25) is 0 Å². The first-order chi connectivity index (χ1) is 11.8. The van der Waals surface area contributed by atoms with Gasteiger partial charge in [-0.25, -0.2) is 9.67 Å². The molecule has 0 aliphatic heterocycles. The number of carboxylic acid groups (broad SMARTS) is 1. The van der Waals surface area contributed by atoms with E-state index in [0.717, 1.165) is 0 Å². The Labute approximate surface area is 143 Å². The van der Waals surface area contributed by atoms with Gasteiger partial charge in [-0.1, -0.05) is 0 Å². The van der Waals surface area contributed by atoms with Crippen molar-refractivity contribution in [3.63, 3.8) is 0 Å². The molecule has 0 saturated heterocycles. The number of fused-ring (bicyclic) bond motifs is 1. The lowest BCUT2D eigenvalue weighted by Gasteiger charge is -2.08. The largest absolute Gasteiger partial charge is 0.480 e. The summed E-state index contributed by atoms with van der Waals surface area (Å²) >= 11 is 0. The Hall–Kier alpha value is -3.23. The molecule has 9 heteroatoms. The Bertz CT molecular complexity index is 956. The predicted octanol–water partition coefficient (Wildman–Crippen LogP) is 1.85. The molecule has 0 aliphatic carbocycles. The molecule has 0 fully saturated rings. The molecule has 0 aliphatic rings. The number of nitrogens with zero attached hydrogens (tertiary/aromatic N) is 5. The summed E-state index contributed by atoms with van der Waals surface area (Å²) in [6, 6.07) is 3.36. The van der Waals surface area contributed by atoms with Crippen LogP contribution < -0.4 is 5.32 Å². The Morgan fingerprint density at radius 1 is 1.36 bits per heavy atom. The zero-order valence-electron chi connectivity index (χ0n) is 14.1. The second-order valence-electron chi connectivity index (χ2n) is 5.98. The van der Waals surface area contributed by atoms with Gasteiger partial charge in [-0.2, -0.15) is 10.2 Å². The van der Waals surface area contributed by atoms with Crippen molar-refractivity contribution in [1.82, 2.24) is 24.5 Å². The summed E-state index contributed by atoms with van der Waals surface area (Å²) in [5, 5.41) is 20.4. The predicted molar refractivity (Wildman–Crippen MR) is 90.5 cm³/mol. The Morgan fingerprint density at radius 2 is 2.12 bits per heavy atom. The van der Waals surface area contributed by atoms with Gasteiger partial charge in [0.15, 0.2) is 11.5 Å². The monoisotopic (exact) mass is 342 g/mol. The third-order valence-electron chi connectivity index (χ3n) is 3.61. The van der Waals surface area contributed by atoms with Gasteiger partial charge in [-0.15, -0.1) is 0 Å². The number of carboxylic acids is 1. The minimum atomic E-state index is -1.01. The number of carbonyl (C=O) groups is 2. The maximum atomic E-state index is 12.6. The van der Waals surface area contributed by atoms with Gasteiger partial charge < -0.3 is 10.4 Å². The van der Waals surface area contributed by atoms with Gasteiger partial charge >= 0.3 is 5.97 Å². The standard InChI is InChI=1S/C16H18N6O3/c1-9(2)22-15-12(7-17-22)11(6-10(3)18-15)16(25)19-13-4-5-21(20-13)8-14(23)24/h4-7,9H,8H2,1-3H3,(H,23,24)(H,19,20,25). The Morgan fingerprint density at radius 3 is 2.80 bits per heavy atom. The van der Waals surface area contributed by atoms with Crippen LogP contribution in [0.2, 0.25) is 0 Å². The van der Waals surface area contributed by atoms with Crippen molar-refractivity contribution >= 4 is 28.7 Å². The number of pyridine rings is 1. The summed E-state index contributed by atoms with van der Waals surface area (Å²) in [5.41, 5.74) is 1.80. The highest BCUT2D eigenvalue weighted by Gasteiger charge is 2.17. The molecule has 3 aromatic heterocycles. The summed E-state index contributed by atoms with van der Waals surface area (Å²) in [7, 11) is 0. The molecule has 3 heterocycles. The van der Waals surface area contributed by atoms with Crippen molar-refractivity contribution < 1.29 is 14.7 Å². The molecule has 0 aromatic carbocycles. The minimum Gasteiger partial charge on any atom is -0.480 e. The quantitative estimate of drug-likeness (QED) is 0.731. The molecule has 25 heavy (non-hydrogen) atoms. The normalized spacial score (nSPS) is 11.2. The summed E-state index contributed by atoms with van der Waals surface area (Å²) in [4.78, 5) is 27.8.